The van der Waals surface area contributed by atoms with Crippen LogP contribution in [-0.2, 0) is 0 Å². The fourth-order valence-corrected chi connectivity index (χ4v) is 2.56. The molecule has 20 heavy (non-hydrogen) atoms. The average Bonchev–Trinajstić information content (AvgIpc) is 2.91. The number of hydrogen-bond donors (Lipinski definition) is 2. The number of nitrogens with zero attached hydrogens (tertiary/aromatic N) is 1. The summed E-state index contributed by atoms with van der Waals surface area (Å²) in [5.41, 5.74) is -0.259. The number of hydrogen-bond acceptors (Lipinski definition) is 4. The number of H-pyrrole nitrogens is 1. The highest BCUT2D eigenvalue weighted by Crippen LogP contribution is 2.27. The van der Waals surface area contributed by atoms with E-state index in [-0.39, 0.29) is 11.1 Å². The van der Waals surface area contributed by atoms with Gasteiger partial charge in [0.15, 0.2) is 5.82 Å². The van der Waals surface area contributed by atoms with Crippen LogP contribution in [0.15, 0.2) is 46.6 Å². The van der Waals surface area contributed by atoms with Crippen LogP contribution in [0.5, 0.6) is 5.88 Å². The molecule has 2 N–H and O–H groups in total. The molecule has 0 fully saturated rings. The Morgan fingerprint density at radius 3 is 2.75 bits per heavy atom. The summed E-state index contributed by atoms with van der Waals surface area (Å²) in [7, 11) is 0. The van der Waals surface area contributed by atoms with Crippen LogP contribution in [0.4, 0.5) is 4.39 Å². The van der Waals surface area contributed by atoms with Gasteiger partial charge in [0.2, 0.25) is 5.88 Å². The van der Waals surface area contributed by atoms with Crippen molar-refractivity contribution in [3.63, 3.8) is 0 Å². The zero-order valence-corrected chi connectivity index (χ0v) is 10.9. The molecule has 0 aliphatic rings. The molecule has 0 spiro atoms. The molecule has 100 valence electrons. The summed E-state index contributed by atoms with van der Waals surface area (Å²) in [5, 5.41) is 11.8. The lowest BCUT2D eigenvalue weighted by atomic mass is 10.1. The molecule has 3 rings (SSSR count). The number of aromatic hydroxyl groups is 1. The first-order chi connectivity index (χ1) is 9.65. The summed E-state index contributed by atoms with van der Waals surface area (Å²) in [4.78, 5) is 19.4. The molecule has 0 amide bonds. The molecule has 2 heterocycles. The van der Waals surface area contributed by atoms with Crippen LogP contribution in [0.2, 0.25) is 0 Å². The highest BCUT2D eigenvalue weighted by Gasteiger charge is 2.14. The van der Waals surface area contributed by atoms with E-state index < -0.39 is 17.3 Å². The second-order valence-corrected chi connectivity index (χ2v) is 5.05. The highest BCUT2D eigenvalue weighted by molar-refractivity contribution is 7.13. The largest absolute Gasteiger partial charge is 0.493 e. The number of aromatic amines is 1. The molecule has 0 radical (unpaired) electrons. The Morgan fingerprint density at radius 1 is 1.25 bits per heavy atom. The summed E-state index contributed by atoms with van der Waals surface area (Å²) in [6, 6.07) is 9.05. The van der Waals surface area contributed by atoms with E-state index in [4.69, 9.17) is 0 Å². The predicted molar refractivity (Wildman–Crippen MR) is 75.2 cm³/mol. The fourth-order valence-electron chi connectivity index (χ4n) is 1.90. The molecule has 2 aromatic heterocycles. The van der Waals surface area contributed by atoms with Gasteiger partial charge in [-0.15, -0.1) is 11.3 Å². The molecule has 0 atom stereocenters. The van der Waals surface area contributed by atoms with Gasteiger partial charge in [0.25, 0.3) is 5.56 Å². The normalized spacial score (nSPS) is 10.7. The van der Waals surface area contributed by atoms with E-state index >= 15 is 0 Å². The quantitative estimate of drug-likeness (QED) is 0.761. The smallest absolute Gasteiger partial charge is 0.262 e. The summed E-state index contributed by atoms with van der Waals surface area (Å²) >= 11 is 1.39. The maximum atomic E-state index is 13.2. The number of thiophene rings is 1. The van der Waals surface area contributed by atoms with Crippen LogP contribution in [0.25, 0.3) is 21.8 Å². The van der Waals surface area contributed by atoms with Crippen LogP contribution in [0, 0.1) is 5.82 Å². The Balaban J connectivity index is 2.17. The van der Waals surface area contributed by atoms with Crippen LogP contribution >= 0.6 is 11.3 Å². The molecule has 1 aromatic carbocycles. The second-order valence-electron chi connectivity index (χ2n) is 4.10. The van der Waals surface area contributed by atoms with Gasteiger partial charge >= 0.3 is 0 Å². The van der Waals surface area contributed by atoms with Crippen molar-refractivity contribution in [1.29, 1.82) is 0 Å². The summed E-state index contributed by atoms with van der Waals surface area (Å²) in [6.45, 7) is 0. The fraction of sp³-hybridized carbons (Fsp3) is 0. The molecule has 0 saturated carbocycles. The lowest BCUT2D eigenvalue weighted by Crippen LogP contribution is -2.11. The monoisotopic (exact) mass is 288 g/mol. The van der Waals surface area contributed by atoms with Gasteiger partial charge in [0.05, 0.1) is 4.88 Å². The molecule has 0 unspecified atom stereocenters. The Hall–Kier alpha value is -2.47. The van der Waals surface area contributed by atoms with Crippen molar-refractivity contribution in [1.82, 2.24) is 9.97 Å². The average molecular weight is 288 g/mol. The van der Waals surface area contributed by atoms with Crippen LogP contribution in [0.3, 0.4) is 0 Å². The molecular formula is C14H9FN2O2S. The zero-order valence-electron chi connectivity index (χ0n) is 10.1. The van der Waals surface area contributed by atoms with Crippen LogP contribution in [-0.4, -0.2) is 15.1 Å². The summed E-state index contributed by atoms with van der Waals surface area (Å²) < 4.78 is 13.2. The van der Waals surface area contributed by atoms with Crippen molar-refractivity contribution in [3.8, 4) is 27.7 Å². The Morgan fingerprint density at radius 2 is 2.10 bits per heavy atom. The van der Waals surface area contributed by atoms with Crippen LogP contribution in [0.1, 0.15) is 0 Å². The van der Waals surface area contributed by atoms with Crippen molar-refractivity contribution in [2.75, 3.05) is 0 Å². The van der Waals surface area contributed by atoms with Crippen LogP contribution < -0.4 is 5.56 Å². The number of rotatable bonds is 2. The third kappa shape index (κ3) is 2.21. The molecule has 0 saturated heterocycles. The molecule has 0 bridgehead atoms. The molecule has 3 aromatic rings. The number of benzene rings is 1. The van der Waals surface area contributed by atoms with Gasteiger partial charge in [-0.2, -0.15) is 4.98 Å². The van der Waals surface area contributed by atoms with Crippen molar-refractivity contribution in [3.05, 3.63) is 57.9 Å². The van der Waals surface area contributed by atoms with Crippen molar-refractivity contribution in [2.24, 2.45) is 0 Å². The summed E-state index contributed by atoms with van der Waals surface area (Å²) in [5.74, 6) is -0.603. The number of nitrogens with one attached hydrogen (secondary N) is 1. The molecule has 6 heteroatoms. The van der Waals surface area contributed by atoms with E-state index in [1.165, 1.54) is 29.5 Å². The van der Waals surface area contributed by atoms with Gasteiger partial charge in [-0.05, 0) is 29.1 Å². The third-order valence-electron chi connectivity index (χ3n) is 2.77. The molecular weight excluding hydrogens is 279 g/mol. The van der Waals surface area contributed by atoms with Gasteiger partial charge in [-0.25, -0.2) is 4.39 Å². The lowest BCUT2D eigenvalue weighted by molar-refractivity contribution is 0.454. The van der Waals surface area contributed by atoms with E-state index in [0.717, 1.165) is 4.88 Å². The van der Waals surface area contributed by atoms with Crippen molar-refractivity contribution >= 4 is 11.3 Å². The third-order valence-corrected chi connectivity index (χ3v) is 3.64. The first-order valence-corrected chi connectivity index (χ1v) is 6.66. The van der Waals surface area contributed by atoms with E-state index in [1.54, 1.807) is 12.1 Å². The van der Waals surface area contributed by atoms with Crippen molar-refractivity contribution < 1.29 is 9.50 Å². The zero-order chi connectivity index (χ0) is 14.1. The minimum absolute atomic E-state index is 0.0372. The van der Waals surface area contributed by atoms with Gasteiger partial charge in [0.1, 0.15) is 11.4 Å². The van der Waals surface area contributed by atoms with E-state index in [9.17, 15) is 14.3 Å². The second kappa shape index (κ2) is 4.90. The Labute approximate surface area is 117 Å². The maximum Gasteiger partial charge on any atom is 0.262 e. The SMILES string of the molecule is O=c1[nH]c(-c2cccs2)nc(O)c1-c1cccc(F)c1. The van der Waals surface area contributed by atoms with E-state index in [0.29, 0.717) is 5.82 Å². The number of halogens is 1. The van der Waals surface area contributed by atoms with Crippen molar-refractivity contribution in [2.45, 2.75) is 0 Å². The van der Waals surface area contributed by atoms with Gasteiger partial charge in [-0.1, -0.05) is 18.2 Å². The molecule has 0 aliphatic heterocycles. The standard InChI is InChI=1S/C14H9FN2O2S/c15-9-4-1-3-8(7-9)11-13(18)16-12(17-14(11)19)10-5-2-6-20-10/h1-7H,(H2,16,17,18,19). The predicted octanol–water partition coefficient (Wildman–Crippen LogP) is 3.01. The first kappa shape index (κ1) is 12.6. The van der Waals surface area contributed by atoms with Gasteiger partial charge in [0, 0.05) is 0 Å². The van der Waals surface area contributed by atoms with E-state index in [1.807, 2.05) is 11.4 Å². The topological polar surface area (TPSA) is 66.0 Å². The van der Waals surface area contributed by atoms with Gasteiger partial charge in [-0.3, -0.25) is 4.79 Å². The minimum atomic E-state index is -0.508. The summed E-state index contributed by atoms with van der Waals surface area (Å²) in [6.07, 6.45) is 0. The molecule has 0 aliphatic carbocycles. The maximum absolute atomic E-state index is 13.2. The van der Waals surface area contributed by atoms with E-state index in [2.05, 4.69) is 9.97 Å². The minimum Gasteiger partial charge on any atom is -0.493 e. The first-order valence-electron chi connectivity index (χ1n) is 5.78. The highest BCUT2D eigenvalue weighted by atomic mass is 32.1. The Kier molecular flexibility index (Phi) is 3.08. The number of aromatic nitrogens is 2. The lowest BCUT2D eigenvalue weighted by Gasteiger charge is -2.05. The molecule has 4 nitrogen and oxygen atoms in total. The van der Waals surface area contributed by atoms with Gasteiger partial charge < -0.3 is 10.1 Å². The Bertz CT molecular complexity index is 812.